The maximum Gasteiger partial charge on any atom is 0.296 e. The first-order valence-corrected chi connectivity index (χ1v) is 8.30. The van der Waals surface area contributed by atoms with Crippen molar-refractivity contribution in [2.45, 2.75) is 39.7 Å². The van der Waals surface area contributed by atoms with Gasteiger partial charge in [-0.25, -0.2) is 4.39 Å². The van der Waals surface area contributed by atoms with Crippen molar-refractivity contribution in [1.82, 2.24) is 5.32 Å². The fraction of sp³-hybridized carbons (Fsp3) is 0.316. The minimum absolute atomic E-state index is 0.0395. The lowest BCUT2D eigenvalue weighted by Gasteiger charge is -2.19. The third-order valence-electron chi connectivity index (χ3n) is 3.49. The van der Waals surface area contributed by atoms with Gasteiger partial charge >= 0.3 is 0 Å². The monoisotopic (exact) mass is 379 g/mol. The smallest absolute Gasteiger partial charge is 0.296 e. The number of hydrogen-bond donors (Lipinski definition) is 1. The van der Waals surface area contributed by atoms with Gasteiger partial charge in [0.25, 0.3) is 11.7 Å². The van der Waals surface area contributed by atoms with E-state index in [-0.39, 0.29) is 34.3 Å². The number of furan rings is 1. The number of carbonyl (C=O) groups excluding carboxylic acids is 3. The average molecular weight is 380 g/mol. The highest BCUT2D eigenvalue weighted by molar-refractivity contribution is 6.42. The first-order valence-electron chi connectivity index (χ1n) is 7.92. The molecule has 1 aromatic carbocycles. The van der Waals surface area contributed by atoms with Crippen molar-refractivity contribution in [3.8, 4) is 0 Å². The van der Waals surface area contributed by atoms with E-state index in [4.69, 9.17) is 16.0 Å². The summed E-state index contributed by atoms with van der Waals surface area (Å²) in [5.74, 6) is -2.54. The van der Waals surface area contributed by atoms with E-state index in [0.717, 1.165) is 0 Å². The largest absolute Gasteiger partial charge is 0.457 e. The third kappa shape index (κ3) is 4.79. The van der Waals surface area contributed by atoms with Gasteiger partial charge in [0, 0.05) is 12.0 Å². The van der Waals surface area contributed by atoms with Gasteiger partial charge in [-0.1, -0.05) is 17.7 Å². The Kier molecular flexibility index (Phi) is 5.66. The zero-order chi connectivity index (χ0) is 19.6. The third-order valence-corrected chi connectivity index (χ3v) is 3.78. The van der Waals surface area contributed by atoms with Crippen LogP contribution in [0.5, 0.6) is 0 Å². The molecule has 0 unspecified atom stereocenters. The van der Waals surface area contributed by atoms with Gasteiger partial charge < -0.3 is 9.73 Å². The minimum Gasteiger partial charge on any atom is -0.457 e. The Balaban J connectivity index is 2.18. The molecule has 0 bridgehead atoms. The van der Waals surface area contributed by atoms with E-state index < -0.39 is 23.0 Å². The molecule has 0 atom stereocenters. The summed E-state index contributed by atoms with van der Waals surface area (Å²) in [7, 11) is 0. The van der Waals surface area contributed by atoms with Gasteiger partial charge in [0.2, 0.25) is 0 Å². The number of amides is 1. The van der Waals surface area contributed by atoms with E-state index in [0.29, 0.717) is 5.56 Å². The highest BCUT2D eigenvalue weighted by Gasteiger charge is 2.26. The van der Waals surface area contributed by atoms with Gasteiger partial charge in [-0.3, -0.25) is 14.4 Å². The maximum absolute atomic E-state index is 13.2. The van der Waals surface area contributed by atoms with Crippen LogP contribution in [0, 0.1) is 12.7 Å². The molecule has 0 saturated carbocycles. The Labute approximate surface area is 155 Å². The van der Waals surface area contributed by atoms with Crippen molar-refractivity contribution in [2.24, 2.45) is 0 Å². The summed E-state index contributed by atoms with van der Waals surface area (Å²) in [5.41, 5.74) is 0.146. The van der Waals surface area contributed by atoms with Gasteiger partial charge in [-0.05, 0) is 51.5 Å². The summed E-state index contributed by atoms with van der Waals surface area (Å²) in [5, 5.41) is 2.47. The van der Waals surface area contributed by atoms with Crippen molar-refractivity contribution >= 4 is 29.1 Å². The molecule has 0 aliphatic heterocycles. The molecule has 1 amide bonds. The minimum atomic E-state index is -0.855. The zero-order valence-corrected chi connectivity index (χ0v) is 15.7. The number of ketones is 2. The van der Waals surface area contributed by atoms with E-state index in [1.807, 2.05) is 0 Å². The number of rotatable bonds is 5. The summed E-state index contributed by atoms with van der Waals surface area (Å²) >= 11 is 5.71. The summed E-state index contributed by atoms with van der Waals surface area (Å²) in [4.78, 5) is 36.6. The van der Waals surface area contributed by atoms with Crippen LogP contribution in [0.1, 0.15) is 53.0 Å². The first kappa shape index (κ1) is 19.8. The van der Waals surface area contributed by atoms with Crippen LogP contribution in [0.25, 0.3) is 0 Å². The quantitative estimate of drug-likeness (QED) is 0.631. The second-order valence-electron chi connectivity index (χ2n) is 6.96. The topological polar surface area (TPSA) is 76.4 Å². The van der Waals surface area contributed by atoms with Crippen LogP contribution in [-0.2, 0) is 11.2 Å². The van der Waals surface area contributed by atoms with Crippen molar-refractivity contribution in [3.05, 3.63) is 57.8 Å². The first-order chi connectivity index (χ1) is 12.0. The molecule has 5 nitrogen and oxygen atoms in total. The van der Waals surface area contributed by atoms with E-state index >= 15 is 0 Å². The van der Waals surface area contributed by atoms with Crippen molar-refractivity contribution in [3.63, 3.8) is 0 Å². The highest BCUT2D eigenvalue weighted by atomic mass is 35.5. The summed E-state index contributed by atoms with van der Waals surface area (Å²) in [6.07, 6.45) is -0.0395. The summed E-state index contributed by atoms with van der Waals surface area (Å²) < 4.78 is 18.5. The molecule has 0 saturated heterocycles. The fourth-order valence-electron chi connectivity index (χ4n) is 2.31. The second kappa shape index (κ2) is 7.41. The lowest BCUT2D eigenvalue weighted by molar-refractivity contribution is -0.118. The molecule has 0 radical (unpaired) electrons. The number of aryl methyl sites for hydroxylation is 1. The van der Waals surface area contributed by atoms with Crippen LogP contribution in [0.15, 0.2) is 28.7 Å². The van der Waals surface area contributed by atoms with Crippen LogP contribution in [0.2, 0.25) is 5.02 Å². The number of halogens is 2. The molecule has 1 aromatic heterocycles. The Hall–Kier alpha value is -2.47. The zero-order valence-electron chi connectivity index (χ0n) is 14.9. The fourth-order valence-corrected chi connectivity index (χ4v) is 2.51. The van der Waals surface area contributed by atoms with Crippen LogP contribution < -0.4 is 5.32 Å². The van der Waals surface area contributed by atoms with Gasteiger partial charge in [0.1, 0.15) is 11.6 Å². The standard InChI is InChI=1S/C19H19ClFNO4/c1-10-12(15(23)8-11-5-6-14(21)13(20)7-11)9-16(26-10)17(24)18(25)22-19(2,3)4/h5-7,9H,8H2,1-4H3,(H,22,25). The molecule has 0 aliphatic rings. The lowest BCUT2D eigenvalue weighted by atomic mass is 10.0. The molecular formula is C19H19ClFNO4. The summed E-state index contributed by atoms with van der Waals surface area (Å²) in [6, 6.07) is 5.26. The van der Waals surface area contributed by atoms with Crippen molar-refractivity contribution in [1.29, 1.82) is 0 Å². The Bertz CT molecular complexity index is 880. The van der Waals surface area contributed by atoms with Gasteiger partial charge in [0.05, 0.1) is 10.6 Å². The Morgan fingerprint density at radius 1 is 1.19 bits per heavy atom. The molecule has 2 aromatic rings. The van der Waals surface area contributed by atoms with Crippen LogP contribution in [-0.4, -0.2) is 23.0 Å². The van der Waals surface area contributed by atoms with E-state index in [1.165, 1.54) is 31.2 Å². The van der Waals surface area contributed by atoms with Crippen LogP contribution in [0.4, 0.5) is 4.39 Å². The summed E-state index contributed by atoms with van der Waals surface area (Å²) in [6.45, 7) is 6.76. The van der Waals surface area contributed by atoms with Crippen LogP contribution >= 0.6 is 11.6 Å². The maximum atomic E-state index is 13.2. The number of benzene rings is 1. The predicted molar refractivity (Wildman–Crippen MR) is 95.1 cm³/mol. The molecule has 0 fully saturated rings. The Morgan fingerprint density at radius 3 is 2.42 bits per heavy atom. The molecule has 0 aliphatic carbocycles. The SMILES string of the molecule is Cc1oc(C(=O)C(=O)NC(C)(C)C)cc1C(=O)Cc1ccc(F)c(Cl)c1. The number of Topliss-reactive ketones (excluding diaryl/α,β-unsaturated/α-hetero) is 2. The van der Waals surface area contributed by atoms with E-state index in [1.54, 1.807) is 20.8 Å². The molecule has 138 valence electrons. The van der Waals surface area contributed by atoms with Gasteiger partial charge in [-0.2, -0.15) is 0 Å². The molecule has 1 N–H and O–H groups in total. The second-order valence-corrected chi connectivity index (χ2v) is 7.37. The highest BCUT2D eigenvalue weighted by Crippen LogP contribution is 2.21. The van der Waals surface area contributed by atoms with Crippen molar-refractivity contribution < 1.29 is 23.2 Å². The number of hydrogen-bond acceptors (Lipinski definition) is 4. The molecule has 0 spiro atoms. The predicted octanol–water partition coefficient (Wildman–Crippen LogP) is 3.90. The molecule has 7 heteroatoms. The average Bonchev–Trinajstić information content (AvgIpc) is 2.90. The lowest BCUT2D eigenvalue weighted by Crippen LogP contribution is -2.44. The molecule has 2 rings (SSSR count). The normalized spacial score (nSPS) is 11.3. The van der Waals surface area contributed by atoms with Crippen LogP contribution in [0.3, 0.4) is 0 Å². The number of nitrogens with one attached hydrogen (secondary N) is 1. The van der Waals surface area contributed by atoms with E-state index in [9.17, 15) is 18.8 Å². The molecular weight excluding hydrogens is 361 g/mol. The number of carbonyl (C=O) groups is 3. The van der Waals surface area contributed by atoms with Gasteiger partial charge in [0.15, 0.2) is 11.5 Å². The molecule has 1 heterocycles. The van der Waals surface area contributed by atoms with E-state index in [2.05, 4.69) is 5.32 Å². The van der Waals surface area contributed by atoms with Gasteiger partial charge in [-0.15, -0.1) is 0 Å². The van der Waals surface area contributed by atoms with Crippen molar-refractivity contribution in [2.75, 3.05) is 0 Å². The Morgan fingerprint density at radius 2 is 1.85 bits per heavy atom. The molecule has 26 heavy (non-hydrogen) atoms.